The highest BCUT2D eigenvalue weighted by molar-refractivity contribution is 5.07. The van der Waals surface area contributed by atoms with Gasteiger partial charge in [-0.15, -0.1) is 0 Å². The van der Waals surface area contributed by atoms with E-state index >= 15 is 0 Å². The summed E-state index contributed by atoms with van der Waals surface area (Å²) in [5.41, 5.74) is 6.74. The summed E-state index contributed by atoms with van der Waals surface area (Å²) in [6.45, 7) is 2.80. The van der Waals surface area contributed by atoms with E-state index in [2.05, 4.69) is 11.9 Å². The molecule has 3 unspecified atom stereocenters. The quantitative estimate of drug-likeness (QED) is 0.871. The predicted octanol–water partition coefficient (Wildman–Crippen LogP) is 2.68. The third kappa shape index (κ3) is 3.51. The molecule has 1 aromatic rings. The Morgan fingerprint density at radius 2 is 2.35 bits per heavy atom. The summed E-state index contributed by atoms with van der Waals surface area (Å²) in [6.07, 6.45) is 7.02. The van der Waals surface area contributed by atoms with Crippen molar-refractivity contribution in [2.45, 2.75) is 44.8 Å². The second kappa shape index (κ2) is 6.12. The van der Waals surface area contributed by atoms with Crippen molar-refractivity contribution in [1.29, 1.82) is 0 Å². The van der Waals surface area contributed by atoms with Gasteiger partial charge in [0.2, 0.25) is 0 Å². The van der Waals surface area contributed by atoms with Gasteiger partial charge in [0.15, 0.2) is 0 Å². The van der Waals surface area contributed by atoms with Crippen molar-refractivity contribution in [1.82, 2.24) is 4.98 Å². The number of rotatable bonds is 4. The van der Waals surface area contributed by atoms with Gasteiger partial charge in [-0.2, -0.15) is 0 Å². The van der Waals surface area contributed by atoms with Crippen LogP contribution in [0.5, 0.6) is 0 Å². The molecule has 0 aromatic carbocycles. The first-order valence-corrected chi connectivity index (χ1v) is 6.56. The van der Waals surface area contributed by atoms with Crippen LogP contribution in [0.1, 0.15) is 44.4 Å². The van der Waals surface area contributed by atoms with Crippen LogP contribution in [-0.2, 0) is 4.74 Å². The number of aromatic nitrogens is 1. The van der Waals surface area contributed by atoms with E-state index in [0.29, 0.717) is 12.6 Å². The number of ether oxygens (including phenoxy) is 1. The monoisotopic (exact) mass is 234 g/mol. The van der Waals surface area contributed by atoms with E-state index in [4.69, 9.17) is 10.5 Å². The van der Waals surface area contributed by atoms with E-state index in [9.17, 15) is 0 Å². The van der Waals surface area contributed by atoms with E-state index in [1.165, 1.54) is 12.8 Å². The molecular weight excluding hydrogens is 212 g/mol. The minimum atomic E-state index is -0.0495. The topological polar surface area (TPSA) is 48.1 Å². The Morgan fingerprint density at radius 1 is 1.47 bits per heavy atom. The van der Waals surface area contributed by atoms with Gasteiger partial charge in [-0.3, -0.25) is 4.98 Å². The van der Waals surface area contributed by atoms with Crippen molar-refractivity contribution in [3.8, 4) is 0 Å². The predicted molar refractivity (Wildman–Crippen MR) is 68.5 cm³/mol. The largest absolute Gasteiger partial charge is 0.367 e. The Morgan fingerprint density at radius 3 is 3.00 bits per heavy atom. The lowest BCUT2D eigenvalue weighted by Crippen LogP contribution is -2.27. The Kier molecular flexibility index (Phi) is 4.51. The highest BCUT2D eigenvalue weighted by Gasteiger charge is 2.23. The molecule has 2 rings (SSSR count). The molecule has 2 N–H and O–H groups in total. The molecule has 1 aromatic heterocycles. The van der Waals surface area contributed by atoms with Gasteiger partial charge in [-0.05, 0) is 30.9 Å². The summed E-state index contributed by atoms with van der Waals surface area (Å²) < 4.78 is 6.11. The fraction of sp³-hybridized carbons (Fsp3) is 0.643. The van der Waals surface area contributed by atoms with E-state index < -0.39 is 0 Å². The normalized spacial score (nSPS) is 26.7. The molecule has 94 valence electrons. The molecule has 1 saturated carbocycles. The average Bonchev–Trinajstić information content (AvgIpc) is 2.37. The number of nitrogens with two attached hydrogens (primary N) is 1. The number of pyridine rings is 1. The van der Waals surface area contributed by atoms with Gasteiger partial charge in [0.1, 0.15) is 6.10 Å². The van der Waals surface area contributed by atoms with Crippen LogP contribution in [0.3, 0.4) is 0 Å². The Labute approximate surface area is 103 Å². The van der Waals surface area contributed by atoms with Gasteiger partial charge in [-0.25, -0.2) is 0 Å². The maximum Gasteiger partial charge on any atom is 0.112 e. The second-order valence-electron chi connectivity index (χ2n) is 5.01. The molecule has 1 fully saturated rings. The third-order valence-electron chi connectivity index (χ3n) is 3.48. The standard InChI is InChI=1S/C14H22N2O/c1-11-5-4-6-12(9-11)17-14(10-15)13-7-2-3-8-16-13/h2-3,7-8,11-12,14H,4-6,9-10,15H2,1H3. The van der Waals surface area contributed by atoms with Gasteiger partial charge in [0, 0.05) is 12.7 Å². The summed E-state index contributed by atoms with van der Waals surface area (Å²) in [7, 11) is 0. The van der Waals surface area contributed by atoms with Crippen LogP contribution < -0.4 is 5.73 Å². The maximum atomic E-state index is 6.11. The van der Waals surface area contributed by atoms with Gasteiger partial charge >= 0.3 is 0 Å². The van der Waals surface area contributed by atoms with Crippen molar-refractivity contribution in [3.63, 3.8) is 0 Å². The molecule has 0 radical (unpaired) electrons. The van der Waals surface area contributed by atoms with Gasteiger partial charge < -0.3 is 10.5 Å². The Bertz CT molecular complexity index is 328. The molecule has 0 spiro atoms. The molecular formula is C14H22N2O. The minimum absolute atomic E-state index is 0.0495. The van der Waals surface area contributed by atoms with E-state index in [1.54, 1.807) is 6.20 Å². The highest BCUT2D eigenvalue weighted by Crippen LogP contribution is 2.29. The molecule has 1 aliphatic rings. The smallest absolute Gasteiger partial charge is 0.112 e. The minimum Gasteiger partial charge on any atom is -0.367 e. The summed E-state index contributed by atoms with van der Waals surface area (Å²) in [5.74, 6) is 0.774. The van der Waals surface area contributed by atoms with Gasteiger partial charge in [0.25, 0.3) is 0 Å². The van der Waals surface area contributed by atoms with Gasteiger partial charge in [-0.1, -0.05) is 25.8 Å². The van der Waals surface area contributed by atoms with E-state index in [1.807, 2.05) is 18.2 Å². The van der Waals surface area contributed by atoms with Crippen molar-refractivity contribution in [2.75, 3.05) is 6.54 Å². The summed E-state index contributed by atoms with van der Waals surface area (Å²) >= 11 is 0. The van der Waals surface area contributed by atoms with Crippen LogP contribution in [0, 0.1) is 5.92 Å². The summed E-state index contributed by atoms with van der Waals surface area (Å²) in [6, 6.07) is 5.89. The van der Waals surface area contributed by atoms with Crippen molar-refractivity contribution >= 4 is 0 Å². The number of hydrogen-bond donors (Lipinski definition) is 1. The van der Waals surface area contributed by atoms with E-state index in [0.717, 1.165) is 24.5 Å². The molecule has 1 heterocycles. The molecule has 3 atom stereocenters. The first-order chi connectivity index (χ1) is 8.29. The fourth-order valence-corrected chi connectivity index (χ4v) is 2.55. The molecule has 0 saturated heterocycles. The van der Waals surface area contributed by atoms with Crippen molar-refractivity contribution < 1.29 is 4.74 Å². The van der Waals surface area contributed by atoms with Crippen LogP contribution in [0.4, 0.5) is 0 Å². The Hall–Kier alpha value is -0.930. The molecule has 0 aliphatic heterocycles. The van der Waals surface area contributed by atoms with Crippen LogP contribution in [0.2, 0.25) is 0 Å². The highest BCUT2D eigenvalue weighted by atomic mass is 16.5. The van der Waals surface area contributed by atoms with Crippen LogP contribution in [0.25, 0.3) is 0 Å². The first-order valence-electron chi connectivity index (χ1n) is 6.56. The zero-order valence-electron chi connectivity index (χ0n) is 10.5. The van der Waals surface area contributed by atoms with Gasteiger partial charge in [0.05, 0.1) is 11.8 Å². The van der Waals surface area contributed by atoms with Crippen molar-refractivity contribution in [2.24, 2.45) is 11.7 Å². The van der Waals surface area contributed by atoms with E-state index in [-0.39, 0.29) is 6.10 Å². The van der Waals surface area contributed by atoms with Crippen LogP contribution >= 0.6 is 0 Å². The molecule has 3 heteroatoms. The lowest BCUT2D eigenvalue weighted by molar-refractivity contribution is -0.0378. The number of hydrogen-bond acceptors (Lipinski definition) is 3. The van der Waals surface area contributed by atoms with Crippen LogP contribution in [-0.4, -0.2) is 17.6 Å². The molecule has 1 aliphatic carbocycles. The zero-order valence-corrected chi connectivity index (χ0v) is 10.5. The van der Waals surface area contributed by atoms with Crippen LogP contribution in [0.15, 0.2) is 24.4 Å². The zero-order chi connectivity index (χ0) is 12.1. The SMILES string of the molecule is CC1CCCC(OC(CN)c2ccccn2)C1. The molecule has 17 heavy (non-hydrogen) atoms. The molecule has 0 bridgehead atoms. The lowest BCUT2D eigenvalue weighted by Gasteiger charge is -2.30. The first kappa shape index (κ1) is 12.5. The Balaban J connectivity index is 1.95. The lowest BCUT2D eigenvalue weighted by atomic mass is 9.88. The molecule has 3 nitrogen and oxygen atoms in total. The second-order valence-corrected chi connectivity index (χ2v) is 5.01. The number of nitrogens with zero attached hydrogens (tertiary/aromatic N) is 1. The molecule has 0 amide bonds. The summed E-state index contributed by atoms with van der Waals surface area (Å²) in [4.78, 5) is 4.33. The maximum absolute atomic E-state index is 6.11. The third-order valence-corrected chi connectivity index (χ3v) is 3.48. The van der Waals surface area contributed by atoms with Crippen molar-refractivity contribution in [3.05, 3.63) is 30.1 Å². The average molecular weight is 234 g/mol. The summed E-state index contributed by atoms with van der Waals surface area (Å²) in [5, 5.41) is 0. The fourth-order valence-electron chi connectivity index (χ4n) is 2.55.